The zero-order chi connectivity index (χ0) is 13.2. The van der Waals surface area contributed by atoms with E-state index < -0.39 is 0 Å². The maximum absolute atomic E-state index is 8.97. The first kappa shape index (κ1) is 12.9. The molecule has 1 aromatic rings. The van der Waals surface area contributed by atoms with Crippen molar-refractivity contribution in [3.8, 4) is 6.07 Å². The monoisotopic (exact) mass is 243 g/mol. The summed E-state index contributed by atoms with van der Waals surface area (Å²) in [6, 6.07) is 6.32. The van der Waals surface area contributed by atoms with E-state index in [0.717, 1.165) is 11.5 Å². The molecule has 3 heteroatoms. The molecule has 1 aromatic heterocycles. The van der Waals surface area contributed by atoms with Crippen molar-refractivity contribution in [2.75, 3.05) is 5.32 Å². The third-order valence-electron chi connectivity index (χ3n) is 3.64. The maximum atomic E-state index is 8.97. The van der Waals surface area contributed by atoms with Crippen LogP contribution >= 0.6 is 0 Å². The highest BCUT2D eigenvalue weighted by atomic mass is 15.0. The SMILES string of the molecule is Cc1cc(C#N)cc(NC2CCCC(C)(C)C2)n1. The van der Waals surface area contributed by atoms with Crippen molar-refractivity contribution in [1.82, 2.24) is 4.98 Å². The zero-order valence-corrected chi connectivity index (χ0v) is 11.5. The van der Waals surface area contributed by atoms with E-state index in [1.165, 1.54) is 25.7 Å². The molecule has 0 radical (unpaired) electrons. The summed E-state index contributed by atoms with van der Waals surface area (Å²) in [7, 11) is 0. The van der Waals surface area contributed by atoms with Crippen LogP contribution in [0.2, 0.25) is 0 Å². The van der Waals surface area contributed by atoms with E-state index in [9.17, 15) is 0 Å². The summed E-state index contributed by atoms with van der Waals surface area (Å²) in [6.07, 6.45) is 4.93. The van der Waals surface area contributed by atoms with Gasteiger partial charge in [-0.15, -0.1) is 0 Å². The molecule has 3 nitrogen and oxygen atoms in total. The van der Waals surface area contributed by atoms with E-state index in [0.29, 0.717) is 17.0 Å². The first-order valence-corrected chi connectivity index (χ1v) is 6.64. The minimum absolute atomic E-state index is 0.414. The molecular weight excluding hydrogens is 222 g/mol. The molecule has 18 heavy (non-hydrogen) atoms. The van der Waals surface area contributed by atoms with Gasteiger partial charge in [-0.25, -0.2) is 4.98 Å². The van der Waals surface area contributed by atoms with Crippen molar-refractivity contribution < 1.29 is 0 Å². The fourth-order valence-corrected chi connectivity index (χ4v) is 2.84. The van der Waals surface area contributed by atoms with Gasteiger partial charge in [0.15, 0.2) is 0 Å². The summed E-state index contributed by atoms with van der Waals surface area (Å²) in [5, 5.41) is 12.5. The van der Waals surface area contributed by atoms with Gasteiger partial charge in [-0.3, -0.25) is 0 Å². The minimum atomic E-state index is 0.414. The van der Waals surface area contributed by atoms with Crippen molar-refractivity contribution in [2.24, 2.45) is 5.41 Å². The fourth-order valence-electron chi connectivity index (χ4n) is 2.84. The molecule has 0 aliphatic heterocycles. The minimum Gasteiger partial charge on any atom is -0.367 e. The maximum Gasteiger partial charge on any atom is 0.127 e. The van der Waals surface area contributed by atoms with Gasteiger partial charge in [0.25, 0.3) is 0 Å². The quantitative estimate of drug-likeness (QED) is 0.862. The topological polar surface area (TPSA) is 48.7 Å². The molecule has 0 amide bonds. The summed E-state index contributed by atoms with van der Waals surface area (Å²) in [4.78, 5) is 4.46. The Balaban J connectivity index is 2.10. The van der Waals surface area contributed by atoms with Crippen molar-refractivity contribution in [2.45, 2.75) is 52.5 Å². The highest BCUT2D eigenvalue weighted by Crippen LogP contribution is 2.36. The summed E-state index contributed by atoms with van der Waals surface area (Å²) < 4.78 is 0. The Morgan fingerprint density at radius 2 is 2.22 bits per heavy atom. The van der Waals surface area contributed by atoms with Crippen LogP contribution in [0.15, 0.2) is 12.1 Å². The highest BCUT2D eigenvalue weighted by molar-refractivity contribution is 5.45. The number of hydrogen-bond donors (Lipinski definition) is 1. The first-order valence-electron chi connectivity index (χ1n) is 6.64. The Morgan fingerprint density at radius 1 is 1.44 bits per heavy atom. The molecule has 0 aromatic carbocycles. The molecule has 2 rings (SSSR count). The normalized spacial score (nSPS) is 22.2. The number of aryl methyl sites for hydroxylation is 1. The Bertz CT molecular complexity index is 471. The van der Waals surface area contributed by atoms with Crippen molar-refractivity contribution in [1.29, 1.82) is 5.26 Å². The largest absolute Gasteiger partial charge is 0.367 e. The molecule has 0 spiro atoms. The number of pyridine rings is 1. The number of anilines is 1. The van der Waals surface area contributed by atoms with E-state index in [1.807, 2.05) is 19.1 Å². The molecule has 1 aliphatic rings. The predicted molar refractivity (Wildman–Crippen MR) is 73.3 cm³/mol. The van der Waals surface area contributed by atoms with Crippen LogP contribution in [0.4, 0.5) is 5.82 Å². The standard InChI is InChI=1S/C15H21N3/c1-11-7-12(10-16)8-14(17-11)18-13-5-4-6-15(2,3)9-13/h7-8,13H,4-6,9H2,1-3H3,(H,17,18). The molecule has 96 valence electrons. The fraction of sp³-hybridized carbons (Fsp3) is 0.600. The number of hydrogen-bond acceptors (Lipinski definition) is 3. The van der Waals surface area contributed by atoms with Gasteiger partial charge >= 0.3 is 0 Å². The number of nitrogens with one attached hydrogen (secondary N) is 1. The van der Waals surface area contributed by atoms with Crippen LogP contribution in [0.25, 0.3) is 0 Å². The van der Waals surface area contributed by atoms with Gasteiger partial charge in [-0.1, -0.05) is 20.3 Å². The van der Waals surface area contributed by atoms with Crippen molar-refractivity contribution in [3.05, 3.63) is 23.4 Å². The van der Waals surface area contributed by atoms with E-state index in [4.69, 9.17) is 5.26 Å². The molecule has 1 heterocycles. The Morgan fingerprint density at radius 3 is 2.89 bits per heavy atom. The summed E-state index contributed by atoms with van der Waals surface area (Å²) in [6.45, 7) is 6.58. The second kappa shape index (κ2) is 4.97. The van der Waals surface area contributed by atoms with Gasteiger partial charge < -0.3 is 5.32 Å². The van der Waals surface area contributed by atoms with E-state index in [-0.39, 0.29) is 0 Å². The first-order chi connectivity index (χ1) is 8.48. The Labute approximate surface area is 109 Å². The van der Waals surface area contributed by atoms with Crippen LogP contribution in [0.1, 0.15) is 50.8 Å². The molecule has 0 bridgehead atoms. The molecule has 1 aliphatic carbocycles. The van der Waals surface area contributed by atoms with Crippen LogP contribution in [0.5, 0.6) is 0 Å². The van der Waals surface area contributed by atoms with Gasteiger partial charge in [-0.05, 0) is 43.7 Å². The Kier molecular flexibility index (Phi) is 3.56. The third kappa shape index (κ3) is 3.22. The molecule has 0 saturated heterocycles. The lowest BCUT2D eigenvalue weighted by molar-refractivity contribution is 0.229. The molecule has 1 saturated carbocycles. The number of rotatable bonds is 2. The van der Waals surface area contributed by atoms with Crippen molar-refractivity contribution in [3.63, 3.8) is 0 Å². The number of aromatic nitrogens is 1. The number of nitriles is 1. The summed E-state index contributed by atoms with van der Waals surface area (Å²) >= 11 is 0. The van der Waals surface area contributed by atoms with Gasteiger partial charge in [-0.2, -0.15) is 5.26 Å². The molecule has 1 atom stereocenters. The van der Waals surface area contributed by atoms with Crippen molar-refractivity contribution >= 4 is 5.82 Å². The molecule has 1 unspecified atom stereocenters. The zero-order valence-electron chi connectivity index (χ0n) is 11.5. The lowest BCUT2D eigenvalue weighted by Crippen LogP contribution is -2.32. The second-order valence-electron chi connectivity index (χ2n) is 6.10. The predicted octanol–water partition coefficient (Wildman–Crippen LogP) is 3.64. The lowest BCUT2D eigenvalue weighted by atomic mass is 9.75. The summed E-state index contributed by atoms with van der Waals surface area (Å²) in [5.41, 5.74) is 1.99. The van der Waals surface area contributed by atoms with Gasteiger partial charge in [0.05, 0.1) is 11.6 Å². The van der Waals surface area contributed by atoms with Gasteiger partial charge in [0.2, 0.25) is 0 Å². The second-order valence-corrected chi connectivity index (χ2v) is 6.10. The smallest absolute Gasteiger partial charge is 0.127 e. The lowest BCUT2D eigenvalue weighted by Gasteiger charge is -2.35. The van der Waals surface area contributed by atoms with Crippen LogP contribution < -0.4 is 5.32 Å². The Hall–Kier alpha value is -1.56. The number of nitrogens with zero attached hydrogens (tertiary/aromatic N) is 2. The van der Waals surface area contributed by atoms with Crippen LogP contribution in [0.3, 0.4) is 0 Å². The molecule has 1 N–H and O–H groups in total. The van der Waals surface area contributed by atoms with E-state index >= 15 is 0 Å². The van der Waals surface area contributed by atoms with Crippen LogP contribution in [-0.4, -0.2) is 11.0 Å². The summed E-state index contributed by atoms with van der Waals surface area (Å²) in [5.74, 6) is 0.842. The van der Waals surface area contributed by atoms with Crippen LogP contribution in [-0.2, 0) is 0 Å². The van der Waals surface area contributed by atoms with Gasteiger partial charge in [0.1, 0.15) is 5.82 Å². The van der Waals surface area contributed by atoms with Crippen LogP contribution in [0, 0.1) is 23.7 Å². The molecular formula is C15H21N3. The van der Waals surface area contributed by atoms with E-state index in [2.05, 4.69) is 30.2 Å². The average molecular weight is 243 g/mol. The highest BCUT2D eigenvalue weighted by Gasteiger charge is 2.27. The molecule has 1 fully saturated rings. The van der Waals surface area contributed by atoms with Gasteiger partial charge in [0, 0.05) is 11.7 Å². The van der Waals surface area contributed by atoms with E-state index in [1.54, 1.807) is 0 Å². The third-order valence-corrected chi connectivity index (χ3v) is 3.64. The average Bonchev–Trinajstić information content (AvgIpc) is 2.26.